The molecular formula is C17H13FN4O2. The first-order valence-corrected chi connectivity index (χ1v) is 7.08. The number of hydrogen-bond donors (Lipinski definition) is 1. The van der Waals surface area contributed by atoms with E-state index in [1.165, 1.54) is 24.7 Å². The van der Waals surface area contributed by atoms with Crippen LogP contribution in [0.2, 0.25) is 0 Å². The Kier molecular flexibility index (Phi) is 4.42. The number of nitrogens with one attached hydrogen (secondary N) is 1. The van der Waals surface area contributed by atoms with Gasteiger partial charge in [0.25, 0.3) is 5.91 Å². The van der Waals surface area contributed by atoms with Gasteiger partial charge >= 0.3 is 0 Å². The van der Waals surface area contributed by atoms with Crippen molar-refractivity contribution in [3.63, 3.8) is 0 Å². The molecule has 3 rings (SSSR count). The number of carbonyl (C=O) groups is 1. The molecule has 2 aromatic heterocycles. The van der Waals surface area contributed by atoms with Crippen molar-refractivity contribution < 1.29 is 13.9 Å². The van der Waals surface area contributed by atoms with Crippen molar-refractivity contribution in [2.75, 3.05) is 5.32 Å². The summed E-state index contributed by atoms with van der Waals surface area (Å²) in [5.74, 6) is -0.304. The maximum Gasteiger partial charge on any atom is 0.256 e. The van der Waals surface area contributed by atoms with E-state index in [0.29, 0.717) is 5.56 Å². The van der Waals surface area contributed by atoms with E-state index >= 15 is 0 Å². The maximum absolute atomic E-state index is 13.1. The minimum Gasteiger partial charge on any atom is -0.436 e. The third kappa shape index (κ3) is 3.89. The Morgan fingerprint density at radius 1 is 1.12 bits per heavy atom. The molecule has 0 saturated heterocycles. The van der Waals surface area contributed by atoms with Gasteiger partial charge in [-0.1, -0.05) is 17.7 Å². The van der Waals surface area contributed by atoms with Gasteiger partial charge in [-0.15, -0.1) is 0 Å². The minimum atomic E-state index is -0.524. The largest absolute Gasteiger partial charge is 0.436 e. The molecule has 2 heterocycles. The monoisotopic (exact) mass is 324 g/mol. The van der Waals surface area contributed by atoms with Crippen LogP contribution in [-0.2, 0) is 0 Å². The van der Waals surface area contributed by atoms with Crippen molar-refractivity contribution in [2.24, 2.45) is 0 Å². The molecule has 3 aromatic rings. The highest BCUT2D eigenvalue weighted by molar-refractivity contribution is 6.03. The van der Waals surface area contributed by atoms with Gasteiger partial charge in [-0.2, -0.15) is 4.98 Å². The highest BCUT2D eigenvalue weighted by Gasteiger charge is 2.09. The van der Waals surface area contributed by atoms with Crippen molar-refractivity contribution in [3.8, 4) is 11.6 Å². The Labute approximate surface area is 137 Å². The fourth-order valence-corrected chi connectivity index (χ4v) is 2.00. The van der Waals surface area contributed by atoms with E-state index < -0.39 is 5.82 Å². The van der Waals surface area contributed by atoms with E-state index in [2.05, 4.69) is 20.3 Å². The lowest BCUT2D eigenvalue weighted by Gasteiger charge is -2.07. The Morgan fingerprint density at radius 3 is 2.75 bits per heavy atom. The van der Waals surface area contributed by atoms with Crippen molar-refractivity contribution >= 4 is 11.7 Å². The summed E-state index contributed by atoms with van der Waals surface area (Å²) in [6.07, 6.45) is 5.16. The Balaban J connectivity index is 1.74. The summed E-state index contributed by atoms with van der Waals surface area (Å²) in [5, 5.41) is 2.64. The summed E-state index contributed by atoms with van der Waals surface area (Å²) in [6.45, 7) is 1.90. The number of rotatable bonds is 4. The highest BCUT2D eigenvalue weighted by atomic mass is 19.1. The number of pyridine rings is 1. The topological polar surface area (TPSA) is 77.0 Å². The van der Waals surface area contributed by atoms with Crippen LogP contribution in [0.4, 0.5) is 10.2 Å². The molecule has 0 radical (unpaired) electrons. The standard InChI is InChI=1S/C17H13FN4O2/c1-11-3-2-4-12(5-11)17(23)22-15-9-20-10-16(21-15)24-14-6-13(18)7-19-8-14/h2-10H,1H3,(H,21,22,23). The molecule has 7 heteroatoms. The summed E-state index contributed by atoms with van der Waals surface area (Å²) < 4.78 is 18.5. The number of aromatic nitrogens is 3. The first-order chi connectivity index (χ1) is 11.6. The molecule has 0 fully saturated rings. The summed E-state index contributed by atoms with van der Waals surface area (Å²) in [4.78, 5) is 24.0. The number of anilines is 1. The summed E-state index contributed by atoms with van der Waals surface area (Å²) in [6, 6.07) is 8.34. The fourth-order valence-electron chi connectivity index (χ4n) is 2.00. The van der Waals surface area contributed by atoms with Gasteiger partial charge in [0.15, 0.2) is 11.6 Å². The second-order valence-corrected chi connectivity index (χ2v) is 5.01. The van der Waals surface area contributed by atoms with Crippen LogP contribution in [0.5, 0.6) is 11.6 Å². The zero-order valence-corrected chi connectivity index (χ0v) is 12.7. The van der Waals surface area contributed by atoms with Crippen molar-refractivity contribution in [1.29, 1.82) is 0 Å². The summed E-state index contributed by atoms with van der Waals surface area (Å²) in [5.41, 5.74) is 1.49. The van der Waals surface area contributed by atoms with Crippen LogP contribution in [-0.4, -0.2) is 20.9 Å². The van der Waals surface area contributed by atoms with E-state index in [1.54, 1.807) is 18.2 Å². The quantitative estimate of drug-likeness (QED) is 0.796. The Morgan fingerprint density at radius 2 is 1.96 bits per heavy atom. The van der Waals surface area contributed by atoms with Crippen LogP contribution in [0.25, 0.3) is 0 Å². The van der Waals surface area contributed by atoms with E-state index in [9.17, 15) is 9.18 Å². The number of halogens is 1. The van der Waals surface area contributed by atoms with Gasteiger partial charge in [-0.25, -0.2) is 4.39 Å². The molecule has 0 aliphatic carbocycles. The fraction of sp³-hybridized carbons (Fsp3) is 0.0588. The molecule has 0 bridgehead atoms. The van der Waals surface area contributed by atoms with Crippen LogP contribution in [0.3, 0.4) is 0 Å². The molecular weight excluding hydrogens is 311 g/mol. The molecule has 24 heavy (non-hydrogen) atoms. The number of hydrogen-bond acceptors (Lipinski definition) is 5. The molecule has 0 aliphatic heterocycles. The van der Waals surface area contributed by atoms with Gasteiger partial charge in [-0.05, 0) is 19.1 Å². The van der Waals surface area contributed by atoms with E-state index in [4.69, 9.17) is 4.74 Å². The normalized spacial score (nSPS) is 10.2. The van der Waals surface area contributed by atoms with E-state index in [-0.39, 0.29) is 23.4 Å². The molecule has 0 saturated carbocycles. The summed E-state index contributed by atoms with van der Waals surface area (Å²) in [7, 11) is 0. The van der Waals surface area contributed by atoms with Gasteiger partial charge < -0.3 is 10.1 Å². The van der Waals surface area contributed by atoms with Gasteiger partial charge in [0.05, 0.1) is 24.8 Å². The Bertz CT molecular complexity index is 886. The minimum absolute atomic E-state index is 0.115. The molecule has 120 valence electrons. The molecule has 6 nitrogen and oxygen atoms in total. The van der Waals surface area contributed by atoms with Crippen LogP contribution in [0.15, 0.2) is 55.1 Å². The molecule has 0 spiro atoms. The number of benzene rings is 1. The Hall–Kier alpha value is -3.35. The second kappa shape index (κ2) is 6.82. The lowest BCUT2D eigenvalue weighted by atomic mass is 10.1. The lowest BCUT2D eigenvalue weighted by Crippen LogP contribution is -2.13. The number of nitrogens with zero attached hydrogens (tertiary/aromatic N) is 3. The average molecular weight is 324 g/mol. The van der Waals surface area contributed by atoms with E-state index in [0.717, 1.165) is 11.8 Å². The number of ether oxygens (including phenoxy) is 1. The predicted molar refractivity (Wildman–Crippen MR) is 85.4 cm³/mol. The molecule has 0 aliphatic rings. The second-order valence-electron chi connectivity index (χ2n) is 5.01. The first kappa shape index (κ1) is 15.5. The van der Waals surface area contributed by atoms with Crippen molar-refractivity contribution in [1.82, 2.24) is 15.0 Å². The molecule has 1 amide bonds. The van der Waals surface area contributed by atoms with Crippen molar-refractivity contribution in [3.05, 3.63) is 72.1 Å². The van der Waals surface area contributed by atoms with Crippen LogP contribution in [0.1, 0.15) is 15.9 Å². The SMILES string of the molecule is Cc1cccc(C(=O)Nc2cncc(Oc3cncc(F)c3)n2)c1. The number of aryl methyl sites for hydroxylation is 1. The first-order valence-electron chi connectivity index (χ1n) is 7.08. The van der Waals surface area contributed by atoms with Crippen LogP contribution >= 0.6 is 0 Å². The van der Waals surface area contributed by atoms with E-state index in [1.807, 2.05) is 13.0 Å². The summed E-state index contributed by atoms with van der Waals surface area (Å²) >= 11 is 0. The maximum atomic E-state index is 13.1. The third-order valence-electron chi connectivity index (χ3n) is 3.04. The lowest BCUT2D eigenvalue weighted by molar-refractivity contribution is 0.102. The van der Waals surface area contributed by atoms with Gasteiger partial charge in [0.2, 0.25) is 5.88 Å². The van der Waals surface area contributed by atoms with Crippen LogP contribution in [0, 0.1) is 12.7 Å². The highest BCUT2D eigenvalue weighted by Crippen LogP contribution is 2.19. The molecule has 0 atom stereocenters. The average Bonchev–Trinajstić information content (AvgIpc) is 2.55. The molecule has 1 aromatic carbocycles. The van der Waals surface area contributed by atoms with Gasteiger partial charge in [0.1, 0.15) is 5.82 Å². The molecule has 1 N–H and O–H groups in total. The van der Waals surface area contributed by atoms with Crippen LogP contribution < -0.4 is 10.1 Å². The zero-order chi connectivity index (χ0) is 16.9. The predicted octanol–water partition coefficient (Wildman–Crippen LogP) is 3.36. The molecule has 0 unspecified atom stereocenters. The number of carbonyl (C=O) groups excluding carboxylic acids is 1. The third-order valence-corrected chi connectivity index (χ3v) is 3.04. The smallest absolute Gasteiger partial charge is 0.256 e. The van der Waals surface area contributed by atoms with Crippen molar-refractivity contribution in [2.45, 2.75) is 6.92 Å². The van der Waals surface area contributed by atoms with Gasteiger partial charge in [-0.3, -0.25) is 14.8 Å². The van der Waals surface area contributed by atoms with Gasteiger partial charge in [0, 0.05) is 11.6 Å². The zero-order valence-electron chi connectivity index (χ0n) is 12.7. The number of amides is 1.